The van der Waals surface area contributed by atoms with Crippen LogP contribution in [0.2, 0.25) is 5.02 Å². The van der Waals surface area contributed by atoms with Crippen molar-refractivity contribution in [3.63, 3.8) is 0 Å². The van der Waals surface area contributed by atoms with Gasteiger partial charge in [-0.3, -0.25) is 4.79 Å². The van der Waals surface area contributed by atoms with Crippen molar-refractivity contribution >= 4 is 35.2 Å². The number of carbonyl (C=O) groups is 3. The Kier molecular flexibility index (Phi) is 7.00. The lowest BCUT2D eigenvalue weighted by Gasteiger charge is -2.25. The first-order valence-electron chi connectivity index (χ1n) is 7.81. The van der Waals surface area contributed by atoms with E-state index in [1.807, 2.05) is 20.8 Å². The molecule has 9 heteroatoms. The Labute approximate surface area is 157 Å². The van der Waals surface area contributed by atoms with Crippen LogP contribution in [0.3, 0.4) is 0 Å². The molecule has 8 nitrogen and oxygen atoms in total. The molecule has 0 spiro atoms. The van der Waals surface area contributed by atoms with E-state index < -0.39 is 29.0 Å². The number of halogens is 1. The van der Waals surface area contributed by atoms with Crippen LogP contribution < -0.4 is 16.0 Å². The van der Waals surface area contributed by atoms with E-state index in [1.165, 1.54) is 32.2 Å². The number of rotatable bonds is 6. The third-order valence-electron chi connectivity index (χ3n) is 3.25. The van der Waals surface area contributed by atoms with Crippen molar-refractivity contribution in [2.75, 3.05) is 19.0 Å². The Hall–Kier alpha value is -2.32. The molecule has 1 rings (SSSR count). The molecule has 0 saturated carbocycles. The van der Waals surface area contributed by atoms with E-state index in [1.54, 1.807) is 0 Å². The maximum absolute atomic E-state index is 12.5. The minimum atomic E-state index is -1.62. The van der Waals surface area contributed by atoms with Crippen molar-refractivity contribution in [2.24, 2.45) is 0 Å². The predicted molar refractivity (Wildman–Crippen MR) is 98.7 cm³/mol. The molecule has 0 fully saturated rings. The zero-order valence-corrected chi connectivity index (χ0v) is 16.2. The number of amides is 3. The van der Waals surface area contributed by atoms with E-state index in [0.717, 1.165) is 0 Å². The lowest BCUT2D eigenvalue weighted by Crippen LogP contribution is -2.55. The summed E-state index contributed by atoms with van der Waals surface area (Å²) in [5.74, 6) is -1.94. The summed E-state index contributed by atoms with van der Waals surface area (Å²) in [7, 11) is 1.33. The molecule has 0 heterocycles. The smallest absolute Gasteiger partial charge is 0.331 e. The van der Waals surface area contributed by atoms with Gasteiger partial charge in [-0.25, -0.2) is 9.59 Å². The number of hydrogen-bond acceptors (Lipinski definition) is 4. The van der Waals surface area contributed by atoms with E-state index >= 15 is 0 Å². The molecular formula is C17H24ClN3O5. The Morgan fingerprint density at radius 3 is 2.27 bits per heavy atom. The molecule has 0 radical (unpaired) electrons. The molecule has 0 saturated heterocycles. The summed E-state index contributed by atoms with van der Waals surface area (Å²) in [4.78, 5) is 35.8. The van der Waals surface area contributed by atoms with Gasteiger partial charge < -0.3 is 25.8 Å². The molecule has 0 aliphatic rings. The number of carboxylic acids is 1. The number of ether oxygens (including phenoxy) is 1. The summed E-state index contributed by atoms with van der Waals surface area (Å²) in [5.41, 5.74) is -1.68. The van der Waals surface area contributed by atoms with Crippen molar-refractivity contribution in [1.82, 2.24) is 10.6 Å². The van der Waals surface area contributed by atoms with Crippen LogP contribution in [0.4, 0.5) is 10.5 Å². The maximum Gasteiger partial charge on any atom is 0.331 e. The highest BCUT2D eigenvalue weighted by Crippen LogP contribution is 2.22. The average molecular weight is 386 g/mol. The highest BCUT2D eigenvalue weighted by atomic mass is 35.5. The van der Waals surface area contributed by atoms with Gasteiger partial charge in [-0.15, -0.1) is 0 Å². The van der Waals surface area contributed by atoms with Crippen LogP contribution in [-0.4, -0.2) is 47.8 Å². The van der Waals surface area contributed by atoms with Gasteiger partial charge in [-0.1, -0.05) is 11.6 Å². The molecule has 144 valence electrons. The molecule has 1 atom stereocenters. The topological polar surface area (TPSA) is 117 Å². The fourth-order valence-electron chi connectivity index (χ4n) is 2.04. The number of carbonyl (C=O) groups excluding carboxylic acids is 2. The molecule has 1 aromatic rings. The average Bonchev–Trinajstić information content (AvgIpc) is 2.47. The zero-order valence-electron chi connectivity index (χ0n) is 15.4. The molecule has 0 aliphatic heterocycles. The van der Waals surface area contributed by atoms with Crippen LogP contribution in [0.25, 0.3) is 0 Å². The van der Waals surface area contributed by atoms with Gasteiger partial charge in [0.1, 0.15) is 0 Å². The largest absolute Gasteiger partial charge is 0.479 e. The standard InChI is InChI=1S/C17H24ClN3O5/c1-16(2,3)21-15(25)19-10-6-7-12(18)11(8-10)13(22)20-17(4,9-26-5)14(23)24/h6-8H,9H2,1-5H3,(H,20,22)(H,23,24)(H2,19,21,25). The third-order valence-corrected chi connectivity index (χ3v) is 3.58. The first kappa shape index (κ1) is 21.7. The number of nitrogens with one attached hydrogen (secondary N) is 3. The van der Waals surface area contributed by atoms with Crippen LogP contribution in [0, 0.1) is 0 Å². The lowest BCUT2D eigenvalue weighted by molar-refractivity contribution is -0.145. The molecule has 0 bridgehead atoms. The minimum Gasteiger partial charge on any atom is -0.479 e. The van der Waals surface area contributed by atoms with E-state index in [9.17, 15) is 19.5 Å². The molecule has 0 aromatic heterocycles. The van der Waals surface area contributed by atoms with Crippen molar-refractivity contribution in [3.8, 4) is 0 Å². The number of urea groups is 1. The van der Waals surface area contributed by atoms with E-state index in [4.69, 9.17) is 16.3 Å². The normalized spacial score (nSPS) is 13.5. The zero-order chi connectivity index (χ0) is 20.1. The number of anilines is 1. The van der Waals surface area contributed by atoms with Gasteiger partial charge in [0.2, 0.25) is 0 Å². The van der Waals surface area contributed by atoms with Crippen molar-refractivity contribution in [1.29, 1.82) is 0 Å². The lowest BCUT2D eigenvalue weighted by atomic mass is 10.0. The van der Waals surface area contributed by atoms with Crippen molar-refractivity contribution in [3.05, 3.63) is 28.8 Å². The Bertz CT molecular complexity index is 702. The minimum absolute atomic E-state index is 0.0313. The van der Waals surface area contributed by atoms with Crippen molar-refractivity contribution < 1.29 is 24.2 Å². The number of hydrogen-bond donors (Lipinski definition) is 4. The van der Waals surface area contributed by atoms with Gasteiger partial charge in [0, 0.05) is 18.3 Å². The fraction of sp³-hybridized carbons (Fsp3) is 0.471. The van der Waals surface area contributed by atoms with Gasteiger partial charge in [0.25, 0.3) is 5.91 Å². The summed E-state index contributed by atoms with van der Waals surface area (Å²) in [6.45, 7) is 6.59. The van der Waals surface area contributed by atoms with Gasteiger partial charge in [0.05, 0.1) is 17.2 Å². The second kappa shape index (κ2) is 8.37. The molecular weight excluding hydrogens is 362 g/mol. The predicted octanol–water partition coefficient (Wildman–Crippen LogP) is 2.48. The van der Waals surface area contributed by atoms with Crippen molar-refractivity contribution in [2.45, 2.75) is 38.8 Å². The summed E-state index contributed by atoms with van der Waals surface area (Å²) in [6.07, 6.45) is 0. The molecule has 3 amide bonds. The molecule has 0 aliphatic carbocycles. The second-order valence-corrected chi connectivity index (χ2v) is 7.46. The first-order valence-corrected chi connectivity index (χ1v) is 8.19. The number of methoxy groups -OCH3 is 1. The summed E-state index contributed by atoms with van der Waals surface area (Å²) in [5, 5.41) is 17.2. The molecule has 1 unspecified atom stereocenters. The third kappa shape index (κ3) is 6.20. The monoisotopic (exact) mass is 385 g/mol. The van der Waals surface area contributed by atoms with E-state index in [2.05, 4.69) is 16.0 Å². The van der Waals surface area contributed by atoms with Gasteiger partial charge in [0.15, 0.2) is 5.54 Å². The van der Waals surface area contributed by atoms with Crippen LogP contribution in [0.15, 0.2) is 18.2 Å². The molecule has 1 aromatic carbocycles. The summed E-state index contributed by atoms with van der Waals surface area (Å²) < 4.78 is 4.86. The van der Waals surface area contributed by atoms with E-state index in [-0.39, 0.29) is 17.2 Å². The second-order valence-electron chi connectivity index (χ2n) is 7.05. The van der Waals surface area contributed by atoms with Gasteiger partial charge in [-0.2, -0.15) is 0 Å². The fourth-order valence-corrected chi connectivity index (χ4v) is 2.24. The van der Waals surface area contributed by atoms with Crippen LogP contribution in [0.5, 0.6) is 0 Å². The quantitative estimate of drug-likeness (QED) is 0.600. The Morgan fingerprint density at radius 1 is 1.15 bits per heavy atom. The van der Waals surface area contributed by atoms with E-state index in [0.29, 0.717) is 5.69 Å². The highest BCUT2D eigenvalue weighted by molar-refractivity contribution is 6.34. The number of carboxylic acid groups (broad SMARTS) is 1. The molecule has 26 heavy (non-hydrogen) atoms. The number of aliphatic carboxylic acids is 1. The summed E-state index contributed by atoms with van der Waals surface area (Å²) in [6, 6.07) is 3.90. The van der Waals surface area contributed by atoms with Gasteiger partial charge in [-0.05, 0) is 45.9 Å². The van der Waals surface area contributed by atoms with Crippen LogP contribution >= 0.6 is 11.6 Å². The first-order chi connectivity index (χ1) is 11.9. The highest BCUT2D eigenvalue weighted by Gasteiger charge is 2.35. The molecule has 4 N–H and O–H groups in total. The van der Waals surface area contributed by atoms with Crippen LogP contribution in [0.1, 0.15) is 38.1 Å². The van der Waals surface area contributed by atoms with Gasteiger partial charge >= 0.3 is 12.0 Å². The number of benzene rings is 1. The van der Waals surface area contributed by atoms with Crippen LogP contribution in [-0.2, 0) is 9.53 Å². The Morgan fingerprint density at radius 2 is 1.77 bits per heavy atom. The maximum atomic E-state index is 12.5. The SMILES string of the molecule is COCC(C)(NC(=O)c1cc(NC(=O)NC(C)(C)C)ccc1Cl)C(=O)O. The summed E-state index contributed by atoms with van der Waals surface area (Å²) >= 11 is 6.05. The Balaban J connectivity index is 3.01.